The van der Waals surface area contributed by atoms with Gasteiger partial charge in [0.05, 0.1) is 17.6 Å². The van der Waals surface area contributed by atoms with E-state index in [1.807, 2.05) is 13.8 Å². The van der Waals surface area contributed by atoms with Crippen LogP contribution in [0.25, 0.3) is 0 Å². The molecule has 0 saturated heterocycles. The molecule has 0 bridgehead atoms. The number of carbonyl (C=O) groups excluding carboxylic acids is 3. The van der Waals surface area contributed by atoms with Gasteiger partial charge in [-0.25, -0.2) is 22.7 Å². The second-order valence-corrected chi connectivity index (χ2v) is 9.44. The Kier molecular flexibility index (Phi) is 7.96. The van der Waals surface area contributed by atoms with Crippen molar-refractivity contribution in [2.45, 2.75) is 57.0 Å². The van der Waals surface area contributed by atoms with Crippen LogP contribution in [0.3, 0.4) is 0 Å². The second-order valence-electron chi connectivity index (χ2n) is 7.72. The summed E-state index contributed by atoms with van der Waals surface area (Å²) in [6, 6.07) is 3.25. The van der Waals surface area contributed by atoms with E-state index >= 15 is 0 Å². The van der Waals surface area contributed by atoms with Crippen molar-refractivity contribution in [2.24, 2.45) is 5.92 Å². The molecule has 1 aromatic carbocycles. The number of ether oxygens (including phenoxy) is 2. The lowest BCUT2D eigenvalue weighted by Crippen LogP contribution is -2.44. The van der Waals surface area contributed by atoms with E-state index in [2.05, 4.69) is 14.8 Å². The van der Waals surface area contributed by atoms with Crippen LogP contribution < -0.4 is 10.0 Å². The molecule has 9 nitrogen and oxygen atoms in total. The van der Waals surface area contributed by atoms with Crippen LogP contribution in [0.4, 0.5) is 0 Å². The summed E-state index contributed by atoms with van der Waals surface area (Å²) in [5.74, 6) is -1.94. The number of sulfonamides is 1. The predicted octanol–water partition coefficient (Wildman–Crippen LogP) is 1.30. The molecular weight excluding hydrogens is 412 g/mol. The average molecular weight is 441 g/mol. The zero-order valence-corrected chi connectivity index (χ0v) is 18.4. The lowest BCUT2D eigenvalue weighted by atomic mass is 10.0. The highest BCUT2D eigenvalue weighted by atomic mass is 32.2. The molecular formula is C20H28N2O7S. The standard InChI is InChI=1S/C20H28N2O7S/c1-12(2)9-17(20(25)28-4)21-18(23)11-29-19(24)16-10-15(8-5-13(16)3)30(26,27)22-14-6-7-14/h5,8,10,12,14,17,22H,6-7,9,11H2,1-4H3,(H,21,23). The lowest BCUT2D eigenvalue weighted by Gasteiger charge is -2.18. The monoisotopic (exact) mass is 440 g/mol. The first-order valence-corrected chi connectivity index (χ1v) is 11.2. The first kappa shape index (κ1) is 23.8. The number of rotatable bonds is 10. The molecule has 1 fully saturated rings. The maximum Gasteiger partial charge on any atom is 0.338 e. The molecule has 1 aliphatic rings. The predicted molar refractivity (Wildman–Crippen MR) is 108 cm³/mol. The summed E-state index contributed by atoms with van der Waals surface area (Å²) in [6.07, 6.45) is 1.95. The Balaban J connectivity index is 2.02. The van der Waals surface area contributed by atoms with Crippen molar-refractivity contribution in [3.8, 4) is 0 Å². The Labute approximate surface area is 176 Å². The molecule has 2 rings (SSSR count). The number of carbonyl (C=O) groups is 3. The Bertz CT molecular complexity index is 908. The summed E-state index contributed by atoms with van der Waals surface area (Å²) in [5.41, 5.74) is 0.561. The number of esters is 2. The quantitative estimate of drug-likeness (QED) is 0.525. The van der Waals surface area contributed by atoms with E-state index in [9.17, 15) is 22.8 Å². The molecule has 1 saturated carbocycles. The molecule has 0 aromatic heterocycles. The highest BCUT2D eigenvalue weighted by Crippen LogP contribution is 2.23. The summed E-state index contributed by atoms with van der Waals surface area (Å²) >= 11 is 0. The van der Waals surface area contributed by atoms with Gasteiger partial charge in [0, 0.05) is 6.04 Å². The fraction of sp³-hybridized carbons (Fsp3) is 0.550. The van der Waals surface area contributed by atoms with Gasteiger partial charge in [0.2, 0.25) is 10.0 Å². The van der Waals surface area contributed by atoms with Gasteiger partial charge in [-0.3, -0.25) is 4.79 Å². The molecule has 166 valence electrons. The fourth-order valence-corrected chi connectivity index (χ4v) is 4.08. The number of benzene rings is 1. The minimum atomic E-state index is -3.73. The van der Waals surface area contributed by atoms with Crippen molar-refractivity contribution in [1.82, 2.24) is 10.0 Å². The van der Waals surface area contributed by atoms with Crippen LogP contribution in [0.2, 0.25) is 0 Å². The molecule has 1 aliphatic carbocycles. The fourth-order valence-electron chi connectivity index (χ4n) is 2.75. The van der Waals surface area contributed by atoms with Crippen LogP contribution in [0.5, 0.6) is 0 Å². The van der Waals surface area contributed by atoms with E-state index in [4.69, 9.17) is 4.74 Å². The third-order valence-electron chi connectivity index (χ3n) is 4.50. The van der Waals surface area contributed by atoms with Crippen LogP contribution >= 0.6 is 0 Å². The third-order valence-corrected chi connectivity index (χ3v) is 6.02. The zero-order valence-electron chi connectivity index (χ0n) is 17.6. The van der Waals surface area contributed by atoms with Gasteiger partial charge >= 0.3 is 11.9 Å². The largest absolute Gasteiger partial charge is 0.467 e. The highest BCUT2D eigenvalue weighted by molar-refractivity contribution is 7.89. The molecule has 0 spiro atoms. The molecule has 1 atom stereocenters. The van der Waals surface area contributed by atoms with Gasteiger partial charge < -0.3 is 14.8 Å². The van der Waals surface area contributed by atoms with E-state index < -0.39 is 40.5 Å². The Hall–Kier alpha value is -2.46. The third kappa shape index (κ3) is 6.81. The van der Waals surface area contributed by atoms with Crippen LogP contribution in [0.15, 0.2) is 23.1 Å². The van der Waals surface area contributed by atoms with E-state index in [0.717, 1.165) is 12.8 Å². The lowest BCUT2D eigenvalue weighted by molar-refractivity contribution is -0.145. The summed E-state index contributed by atoms with van der Waals surface area (Å²) in [5, 5.41) is 2.49. The smallest absolute Gasteiger partial charge is 0.338 e. The normalized spacial score (nSPS) is 14.8. The van der Waals surface area contributed by atoms with Gasteiger partial charge in [-0.05, 0) is 49.8 Å². The molecule has 30 heavy (non-hydrogen) atoms. The Morgan fingerprint density at radius 3 is 2.43 bits per heavy atom. The maximum atomic E-state index is 12.4. The molecule has 1 unspecified atom stereocenters. The first-order chi connectivity index (χ1) is 14.0. The topological polar surface area (TPSA) is 128 Å². The van der Waals surface area contributed by atoms with Gasteiger partial charge in [0.15, 0.2) is 6.61 Å². The SMILES string of the molecule is COC(=O)C(CC(C)C)NC(=O)COC(=O)c1cc(S(=O)(=O)NC2CC2)ccc1C. The molecule has 0 heterocycles. The summed E-state index contributed by atoms with van der Waals surface area (Å²) in [4.78, 5) is 36.3. The van der Waals surface area contributed by atoms with E-state index in [1.165, 1.54) is 25.3 Å². The van der Waals surface area contributed by atoms with Gasteiger partial charge in [0.1, 0.15) is 6.04 Å². The second kappa shape index (κ2) is 10.0. The van der Waals surface area contributed by atoms with Gasteiger partial charge in [-0.2, -0.15) is 0 Å². The molecule has 0 radical (unpaired) electrons. The number of nitrogens with one attached hydrogen (secondary N) is 2. The van der Waals surface area contributed by atoms with Crippen molar-refractivity contribution < 1.29 is 32.3 Å². The van der Waals surface area contributed by atoms with Crippen LogP contribution in [0.1, 0.15) is 49.0 Å². The van der Waals surface area contributed by atoms with Crippen molar-refractivity contribution in [3.05, 3.63) is 29.3 Å². The van der Waals surface area contributed by atoms with Crippen LogP contribution in [-0.4, -0.2) is 52.1 Å². The van der Waals surface area contributed by atoms with Gasteiger partial charge in [0.25, 0.3) is 5.91 Å². The van der Waals surface area contributed by atoms with Crippen molar-refractivity contribution >= 4 is 27.9 Å². The summed E-state index contributed by atoms with van der Waals surface area (Å²) < 4.78 is 37.0. The molecule has 0 aliphatic heterocycles. The summed E-state index contributed by atoms with van der Waals surface area (Å²) in [7, 11) is -2.50. The average Bonchev–Trinajstić information content (AvgIpc) is 3.48. The first-order valence-electron chi connectivity index (χ1n) is 9.70. The van der Waals surface area contributed by atoms with E-state index in [0.29, 0.717) is 12.0 Å². The van der Waals surface area contributed by atoms with Gasteiger partial charge in [-0.1, -0.05) is 19.9 Å². The number of amides is 1. The molecule has 1 amide bonds. The summed E-state index contributed by atoms with van der Waals surface area (Å²) in [6.45, 7) is 4.81. The molecule has 1 aromatic rings. The molecule has 2 N–H and O–H groups in total. The Morgan fingerprint density at radius 2 is 1.87 bits per heavy atom. The van der Waals surface area contributed by atoms with E-state index in [-0.39, 0.29) is 22.4 Å². The maximum absolute atomic E-state index is 12.4. The zero-order chi connectivity index (χ0) is 22.5. The van der Waals surface area contributed by atoms with E-state index in [1.54, 1.807) is 6.92 Å². The number of methoxy groups -OCH3 is 1. The molecule has 10 heteroatoms. The van der Waals surface area contributed by atoms with Crippen molar-refractivity contribution in [3.63, 3.8) is 0 Å². The van der Waals surface area contributed by atoms with Gasteiger partial charge in [-0.15, -0.1) is 0 Å². The minimum absolute atomic E-state index is 0.0425. The van der Waals surface area contributed by atoms with Crippen molar-refractivity contribution in [1.29, 1.82) is 0 Å². The van der Waals surface area contributed by atoms with Crippen molar-refractivity contribution in [2.75, 3.05) is 13.7 Å². The number of hydrogen-bond donors (Lipinski definition) is 2. The number of aryl methyl sites for hydroxylation is 1. The number of hydrogen-bond acceptors (Lipinski definition) is 7. The minimum Gasteiger partial charge on any atom is -0.467 e. The Morgan fingerprint density at radius 1 is 1.20 bits per heavy atom. The highest BCUT2D eigenvalue weighted by Gasteiger charge is 2.29. The van der Waals surface area contributed by atoms with Crippen LogP contribution in [0, 0.1) is 12.8 Å². The van der Waals surface area contributed by atoms with Crippen LogP contribution in [-0.2, 0) is 29.1 Å².